The third-order valence-corrected chi connectivity index (χ3v) is 3.09. The Kier molecular flexibility index (Phi) is 5.12. The molecule has 0 unspecified atom stereocenters. The van der Waals surface area contributed by atoms with E-state index in [1.54, 1.807) is 7.11 Å². The fourth-order valence-electron chi connectivity index (χ4n) is 2.13. The quantitative estimate of drug-likeness (QED) is 0.541. The van der Waals surface area contributed by atoms with Gasteiger partial charge in [0.25, 0.3) is 0 Å². The molecule has 0 amide bonds. The summed E-state index contributed by atoms with van der Waals surface area (Å²) in [5.41, 5.74) is 1.84. The fraction of sp³-hybridized carbons (Fsp3) is 0.400. The lowest BCUT2D eigenvalue weighted by Gasteiger charge is -2.06. The SMILES string of the molecule is COCCOCCCn1ccc2c(C=O)cccc21. The first-order valence-electron chi connectivity index (χ1n) is 6.46. The number of ether oxygens (including phenoxy) is 2. The number of aromatic nitrogens is 1. The van der Waals surface area contributed by atoms with E-state index in [1.807, 2.05) is 30.5 Å². The van der Waals surface area contributed by atoms with Gasteiger partial charge in [0.15, 0.2) is 6.29 Å². The van der Waals surface area contributed by atoms with Gasteiger partial charge in [0.05, 0.1) is 13.2 Å². The van der Waals surface area contributed by atoms with Gasteiger partial charge in [0.1, 0.15) is 0 Å². The molecule has 1 heterocycles. The van der Waals surface area contributed by atoms with E-state index in [0.717, 1.165) is 42.3 Å². The van der Waals surface area contributed by atoms with E-state index in [1.165, 1.54) is 0 Å². The highest BCUT2D eigenvalue weighted by atomic mass is 16.5. The standard InChI is InChI=1S/C15H19NO3/c1-18-10-11-19-9-3-7-16-8-6-14-13(12-17)4-2-5-15(14)16/h2,4-6,8,12H,3,7,9-11H2,1H3. The maximum atomic E-state index is 10.9. The van der Waals surface area contributed by atoms with Gasteiger partial charge in [-0.15, -0.1) is 0 Å². The summed E-state index contributed by atoms with van der Waals surface area (Å²) >= 11 is 0. The van der Waals surface area contributed by atoms with Crippen LogP contribution in [-0.2, 0) is 16.0 Å². The Morgan fingerprint density at radius 3 is 2.89 bits per heavy atom. The van der Waals surface area contributed by atoms with Gasteiger partial charge in [-0.05, 0) is 18.6 Å². The average molecular weight is 261 g/mol. The van der Waals surface area contributed by atoms with E-state index in [0.29, 0.717) is 13.2 Å². The van der Waals surface area contributed by atoms with Crippen molar-refractivity contribution in [3.63, 3.8) is 0 Å². The van der Waals surface area contributed by atoms with Crippen molar-refractivity contribution >= 4 is 17.2 Å². The Hall–Kier alpha value is -1.65. The van der Waals surface area contributed by atoms with Gasteiger partial charge in [-0.25, -0.2) is 0 Å². The number of carbonyl (C=O) groups excluding carboxylic acids is 1. The molecule has 102 valence electrons. The zero-order chi connectivity index (χ0) is 13.5. The number of aldehydes is 1. The Morgan fingerprint density at radius 2 is 2.11 bits per heavy atom. The number of carbonyl (C=O) groups is 1. The molecule has 0 aliphatic rings. The van der Waals surface area contributed by atoms with Crippen LogP contribution in [0.15, 0.2) is 30.5 Å². The van der Waals surface area contributed by atoms with Crippen molar-refractivity contribution in [2.45, 2.75) is 13.0 Å². The van der Waals surface area contributed by atoms with Crippen molar-refractivity contribution in [3.8, 4) is 0 Å². The smallest absolute Gasteiger partial charge is 0.150 e. The summed E-state index contributed by atoms with van der Waals surface area (Å²) in [6.45, 7) is 2.88. The Bertz CT molecular complexity index is 533. The second-order valence-corrected chi connectivity index (χ2v) is 4.37. The van der Waals surface area contributed by atoms with Crippen LogP contribution in [0.5, 0.6) is 0 Å². The molecule has 19 heavy (non-hydrogen) atoms. The normalized spacial score (nSPS) is 11.0. The van der Waals surface area contributed by atoms with E-state index >= 15 is 0 Å². The second-order valence-electron chi connectivity index (χ2n) is 4.37. The molecule has 0 N–H and O–H groups in total. The minimum Gasteiger partial charge on any atom is -0.382 e. The summed E-state index contributed by atoms with van der Waals surface area (Å²) in [6.07, 6.45) is 3.87. The van der Waals surface area contributed by atoms with Crippen LogP contribution >= 0.6 is 0 Å². The van der Waals surface area contributed by atoms with Gasteiger partial charge in [0.2, 0.25) is 0 Å². The van der Waals surface area contributed by atoms with Crippen LogP contribution < -0.4 is 0 Å². The average Bonchev–Trinajstić information content (AvgIpc) is 2.86. The maximum absolute atomic E-state index is 10.9. The highest BCUT2D eigenvalue weighted by Gasteiger charge is 2.04. The first kappa shape index (κ1) is 13.8. The van der Waals surface area contributed by atoms with E-state index in [4.69, 9.17) is 9.47 Å². The molecule has 0 spiro atoms. The van der Waals surface area contributed by atoms with E-state index in [2.05, 4.69) is 4.57 Å². The highest BCUT2D eigenvalue weighted by molar-refractivity contribution is 5.97. The molecule has 4 nitrogen and oxygen atoms in total. The summed E-state index contributed by atoms with van der Waals surface area (Å²) in [5, 5.41) is 1.01. The number of nitrogens with zero attached hydrogens (tertiary/aromatic N) is 1. The van der Waals surface area contributed by atoms with E-state index in [9.17, 15) is 4.79 Å². The summed E-state index contributed by atoms with van der Waals surface area (Å²) in [4.78, 5) is 10.9. The molecule has 0 aliphatic heterocycles. The number of aryl methyl sites for hydroxylation is 1. The maximum Gasteiger partial charge on any atom is 0.150 e. The van der Waals surface area contributed by atoms with Crippen LogP contribution in [0.3, 0.4) is 0 Å². The number of benzene rings is 1. The monoisotopic (exact) mass is 261 g/mol. The molecule has 2 rings (SSSR count). The topological polar surface area (TPSA) is 40.5 Å². The lowest BCUT2D eigenvalue weighted by molar-refractivity contribution is 0.0681. The van der Waals surface area contributed by atoms with Gasteiger partial charge >= 0.3 is 0 Å². The zero-order valence-electron chi connectivity index (χ0n) is 11.2. The number of fused-ring (bicyclic) bond motifs is 1. The summed E-state index contributed by atoms with van der Waals surface area (Å²) < 4.78 is 12.5. The minimum atomic E-state index is 0.634. The van der Waals surface area contributed by atoms with Crippen LogP contribution in [0.1, 0.15) is 16.8 Å². The molecule has 0 atom stereocenters. The third-order valence-electron chi connectivity index (χ3n) is 3.09. The lowest BCUT2D eigenvalue weighted by Crippen LogP contribution is -2.05. The minimum absolute atomic E-state index is 0.634. The van der Waals surface area contributed by atoms with Gasteiger partial charge in [0, 0.05) is 42.9 Å². The van der Waals surface area contributed by atoms with Gasteiger partial charge < -0.3 is 14.0 Å². The molecule has 0 aliphatic carbocycles. The molecule has 2 aromatic rings. The molecule has 0 saturated carbocycles. The van der Waals surface area contributed by atoms with Crippen LogP contribution in [0.25, 0.3) is 10.9 Å². The zero-order valence-corrected chi connectivity index (χ0v) is 11.2. The molecular formula is C15H19NO3. The highest BCUT2D eigenvalue weighted by Crippen LogP contribution is 2.19. The molecule has 0 radical (unpaired) electrons. The third kappa shape index (κ3) is 3.43. The lowest BCUT2D eigenvalue weighted by atomic mass is 10.1. The first-order chi connectivity index (χ1) is 9.36. The Morgan fingerprint density at radius 1 is 1.21 bits per heavy atom. The molecule has 0 bridgehead atoms. The Labute approximate surface area is 112 Å². The largest absolute Gasteiger partial charge is 0.382 e. The summed E-state index contributed by atoms with van der Waals surface area (Å²) in [6, 6.07) is 7.78. The molecule has 1 aromatic heterocycles. The van der Waals surface area contributed by atoms with Crippen molar-refractivity contribution < 1.29 is 14.3 Å². The molecule has 4 heteroatoms. The van der Waals surface area contributed by atoms with Crippen molar-refractivity contribution in [3.05, 3.63) is 36.0 Å². The van der Waals surface area contributed by atoms with Crippen molar-refractivity contribution in [2.75, 3.05) is 26.9 Å². The van der Waals surface area contributed by atoms with Gasteiger partial charge in [-0.1, -0.05) is 12.1 Å². The Balaban J connectivity index is 1.92. The van der Waals surface area contributed by atoms with Crippen molar-refractivity contribution in [2.24, 2.45) is 0 Å². The number of hydrogen-bond donors (Lipinski definition) is 0. The first-order valence-corrected chi connectivity index (χ1v) is 6.46. The van der Waals surface area contributed by atoms with Crippen LogP contribution in [0.4, 0.5) is 0 Å². The number of hydrogen-bond acceptors (Lipinski definition) is 3. The molecule has 0 saturated heterocycles. The van der Waals surface area contributed by atoms with Crippen molar-refractivity contribution in [1.82, 2.24) is 4.57 Å². The van der Waals surface area contributed by atoms with Crippen LogP contribution in [-0.4, -0.2) is 37.8 Å². The van der Waals surface area contributed by atoms with E-state index in [-0.39, 0.29) is 0 Å². The molecular weight excluding hydrogens is 242 g/mol. The second kappa shape index (κ2) is 7.07. The van der Waals surface area contributed by atoms with Gasteiger partial charge in [-0.2, -0.15) is 0 Å². The predicted octanol–water partition coefficient (Wildman–Crippen LogP) is 2.51. The number of methoxy groups -OCH3 is 1. The van der Waals surface area contributed by atoms with Crippen molar-refractivity contribution in [1.29, 1.82) is 0 Å². The van der Waals surface area contributed by atoms with Crippen LogP contribution in [0.2, 0.25) is 0 Å². The summed E-state index contributed by atoms with van der Waals surface area (Å²) in [5.74, 6) is 0. The fourth-order valence-corrected chi connectivity index (χ4v) is 2.13. The predicted molar refractivity (Wildman–Crippen MR) is 74.6 cm³/mol. The summed E-state index contributed by atoms with van der Waals surface area (Å²) in [7, 11) is 1.67. The van der Waals surface area contributed by atoms with Crippen LogP contribution in [0, 0.1) is 0 Å². The molecule has 0 fully saturated rings. The van der Waals surface area contributed by atoms with Gasteiger partial charge in [-0.3, -0.25) is 4.79 Å². The molecule has 1 aromatic carbocycles. The van der Waals surface area contributed by atoms with E-state index < -0.39 is 0 Å². The number of rotatable bonds is 8.